The number of primary amides is 1. The number of piperidine rings is 1. The number of hydrogen-bond acceptors (Lipinski definition) is 4. The van der Waals surface area contributed by atoms with Gasteiger partial charge in [0.15, 0.2) is 0 Å². The van der Waals surface area contributed by atoms with E-state index < -0.39 is 29.1 Å². The predicted octanol–water partition coefficient (Wildman–Crippen LogP) is 3.04. The van der Waals surface area contributed by atoms with Gasteiger partial charge in [-0.15, -0.1) is 0 Å². The fraction of sp³-hybridized carbons (Fsp3) is 0.609. The molecule has 3 aliphatic heterocycles. The van der Waals surface area contributed by atoms with Crippen LogP contribution in [0.15, 0.2) is 18.2 Å². The molecular formula is C23H28F3N5O2. The van der Waals surface area contributed by atoms with Gasteiger partial charge in [-0.25, -0.2) is 4.79 Å². The molecule has 3 fully saturated rings. The lowest BCUT2D eigenvalue weighted by atomic mass is 9.78. The van der Waals surface area contributed by atoms with Crippen LogP contribution in [0.25, 0.3) is 0 Å². The normalized spacial score (nSPS) is 24.2. The van der Waals surface area contributed by atoms with Crippen LogP contribution in [0.5, 0.6) is 0 Å². The van der Waals surface area contributed by atoms with E-state index in [9.17, 15) is 22.8 Å². The van der Waals surface area contributed by atoms with Gasteiger partial charge in [0.2, 0.25) is 5.91 Å². The van der Waals surface area contributed by atoms with E-state index in [1.807, 2.05) is 9.80 Å². The first kappa shape index (κ1) is 23.2. The van der Waals surface area contributed by atoms with Gasteiger partial charge in [0.05, 0.1) is 23.1 Å². The first-order valence-electron chi connectivity index (χ1n) is 11.4. The van der Waals surface area contributed by atoms with Crippen LogP contribution in [0.1, 0.15) is 36.8 Å². The molecule has 178 valence electrons. The van der Waals surface area contributed by atoms with Crippen molar-refractivity contribution in [3.63, 3.8) is 0 Å². The zero-order valence-corrected chi connectivity index (χ0v) is 18.4. The van der Waals surface area contributed by atoms with E-state index in [0.717, 1.165) is 44.8 Å². The summed E-state index contributed by atoms with van der Waals surface area (Å²) in [5.74, 6) is -0.851. The third-order valence-electron chi connectivity index (χ3n) is 7.32. The number of carbonyl (C=O) groups is 2. The number of halogens is 3. The molecule has 3 aliphatic rings. The van der Waals surface area contributed by atoms with Gasteiger partial charge >= 0.3 is 12.2 Å². The zero-order valence-electron chi connectivity index (χ0n) is 18.4. The Morgan fingerprint density at radius 2 is 1.67 bits per heavy atom. The quantitative estimate of drug-likeness (QED) is 0.746. The lowest BCUT2D eigenvalue weighted by Gasteiger charge is -2.37. The Hall–Kier alpha value is -2.96. The van der Waals surface area contributed by atoms with Gasteiger partial charge in [-0.3, -0.25) is 4.79 Å². The maximum atomic E-state index is 13.4. The molecule has 4 rings (SSSR count). The van der Waals surface area contributed by atoms with Gasteiger partial charge < -0.3 is 20.4 Å². The number of rotatable bonds is 3. The summed E-state index contributed by atoms with van der Waals surface area (Å²) in [5, 5.41) is 9.04. The standard InChI is InChI=1S/C23H28F3N5O2/c24-23(25,26)20-11-17(4-3-16(20)12-27)31-13-18(19(14-31)21(28)32)15-5-9-30(10-6-15)22(33)29-7-1-2-8-29/h3-4,11,15,18-19H,1-2,5-10,13-14H2,(H2,28,32)/t18-,19+/m0/s1. The van der Waals surface area contributed by atoms with E-state index in [2.05, 4.69) is 0 Å². The van der Waals surface area contributed by atoms with Crippen LogP contribution < -0.4 is 10.6 Å². The fourth-order valence-corrected chi connectivity index (χ4v) is 5.51. The number of carbonyl (C=O) groups excluding carboxylic acids is 2. The molecule has 7 nitrogen and oxygen atoms in total. The molecule has 2 atom stereocenters. The van der Waals surface area contributed by atoms with Crippen LogP contribution in [0, 0.1) is 29.1 Å². The molecule has 3 saturated heterocycles. The average Bonchev–Trinajstić information content (AvgIpc) is 3.48. The summed E-state index contributed by atoms with van der Waals surface area (Å²) in [6.07, 6.45) is -1.10. The maximum Gasteiger partial charge on any atom is 0.417 e. The third-order valence-corrected chi connectivity index (χ3v) is 7.32. The molecule has 0 unspecified atom stereocenters. The molecule has 33 heavy (non-hydrogen) atoms. The van der Waals surface area contributed by atoms with Crippen LogP contribution in [0.2, 0.25) is 0 Å². The first-order chi connectivity index (χ1) is 15.7. The SMILES string of the molecule is N#Cc1ccc(N2C[C@@H](C(N)=O)[C@H](C3CCN(C(=O)N4CCCC4)CC3)C2)cc1C(F)(F)F. The molecule has 0 spiro atoms. The van der Waals surface area contributed by atoms with Crippen molar-refractivity contribution in [3.8, 4) is 6.07 Å². The molecule has 0 saturated carbocycles. The van der Waals surface area contributed by atoms with E-state index >= 15 is 0 Å². The monoisotopic (exact) mass is 463 g/mol. The van der Waals surface area contributed by atoms with Crippen LogP contribution in [0.4, 0.5) is 23.7 Å². The maximum absolute atomic E-state index is 13.4. The summed E-state index contributed by atoms with van der Waals surface area (Å²) in [4.78, 5) is 30.4. The van der Waals surface area contributed by atoms with Crippen molar-refractivity contribution in [1.29, 1.82) is 5.26 Å². The molecule has 0 aromatic heterocycles. The number of urea groups is 1. The van der Waals surface area contributed by atoms with Crippen molar-refractivity contribution >= 4 is 17.6 Å². The number of likely N-dealkylation sites (tertiary alicyclic amines) is 2. The van der Waals surface area contributed by atoms with Crippen LogP contribution in [0.3, 0.4) is 0 Å². The Bertz CT molecular complexity index is 946. The van der Waals surface area contributed by atoms with Crippen molar-refractivity contribution in [2.24, 2.45) is 23.5 Å². The Labute approximate surface area is 190 Å². The highest BCUT2D eigenvalue weighted by Gasteiger charge is 2.43. The number of anilines is 1. The van der Waals surface area contributed by atoms with Crippen LogP contribution >= 0.6 is 0 Å². The lowest BCUT2D eigenvalue weighted by Crippen LogP contribution is -2.47. The second kappa shape index (κ2) is 9.12. The second-order valence-corrected chi connectivity index (χ2v) is 9.22. The number of amides is 3. The Morgan fingerprint density at radius 3 is 2.24 bits per heavy atom. The molecule has 1 aromatic rings. The molecule has 3 heterocycles. The Kier molecular flexibility index (Phi) is 6.41. The summed E-state index contributed by atoms with van der Waals surface area (Å²) in [5.41, 5.74) is 4.60. The molecule has 3 amide bonds. The van der Waals surface area contributed by atoms with Crippen molar-refractivity contribution in [3.05, 3.63) is 29.3 Å². The van der Waals surface area contributed by atoms with Crippen molar-refractivity contribution in [2.75, 3.05) is 44.2 Å². The molecular weight excluding hydrogens is 435 g/mol. The van der Waals surface area contributed by atoms with Crippen molar-refractivity contribution < 1.29 is 22.8 Å². The second-order valence-electron chi connectivity index (χ2n) is 9.22. The topological polar surface area (TPSA) is 93.7 Å². The van der Waals surface area contributed by atoms with Gasteiger partial charge in [-0.2, -0.15) is 18.4 Å². The molecule has 2 N–H and O–H groups in total. The highest BCUT2D eigenvalue weighted by Crippen LogP contribution is 2.40. The summed E-state index contributed by atoms with van der Waals surface area (Å²) in [7, 11) is 0. The van der Waals surface area contributed by atoms with Crippen molar-refractivity contribution in [1.82, 2.24) is 9.80 Å². The zero-order chi connectivity index (χ0) is 23.8. The van der Waals surface area contributed by atoms with Crippen LogP contribution in [-0.2, 0) is 11.0 Å². The van der Waals surface area contributed by atoms with Gasteiger partial charge in [0.1, 0.15) is 0 Å². The predicted molar refractivity (Wildman–Crippen MR) is 115 cm³/mol. The number of alkyl halides is 3. The minimum absolute atomic E-state index is 0.0720. The molecule has 0 bridgehead atoms. The number of nitrogens with two attached hydrogens (primary N) is 1. The molecule has 0 aliphatic carbocycles. The number of nitriles is 1. The summed E-state index contributed by atoms with van der Waals surface area (Å²) >= 11 is 0. The van der Waals surface area contributed by atoms with Gasteiger partial charge in [0, 0.05) is 45.0 Å². The highest BCUT2D eigenvalue weighted by molar-refractivity contribution is 5.79. The minimum atomic E-state index is -4.64. The van der Waals surface area contributed by atoms with Gasteiger partial charge in [-0.05, 0) is 55.7 Å². The van der Waals surface area contributed by atoms with E-state index in [1.54, 1.807) is 11.0 Å². The van der Waals surface area contributed by atoms with E-state index in [-0.39, 0.29) is 24.4 Å². The smallest absolute Gasteiger partial charge is 0.370 e. The molecule has 10 heteroatoms. The van der Waals surface area contributed by atoms with E-state index in [0.29, 0.717) is 25.3 Å². The summed E-state index contributed by atoms with van der Waals surface area (Å²) in [6.45, 7) is 3.47. The van der Waals surface area contributed by atoms with E-state index in [1.165, 1.54) is 12.1 Å². The van der Waals surface area contributed by atoms with E-state index in [4.69, 9.17) is 11.0 Å². The number of nitrogens with zero attached hydrogens (tertiary/aromatic N) is 4. The van der Waals surface area contributed by atoms with Crippen LogP contribution in [-0.4, -0.2) is 61.0 Å². The first-order valence-corrected chi connectivity index (χ1v) is 11.4. The largest absolute Gasteiger partial charge is 0.417 e. The number of benzene rings is 1. The summed E-state index contributed by atoms with van der Waals surface area (Å²) in [6, 6.07) is 5.31. The number of hydrogen-bond donors (Lipinski definition) is 1. The molecule has 0 radical (unpaired) electrons. The highest BCUT2D eigenvalue weighted by atomic mass is 19.4. The fourth-order valence-electron chi connectivity index (χ4n) is 5.51. The minimum Gasteiger partial charge on any atom is -0.370 e. The lowest BCUT2D eigenvalue weighted by molar-refractivity contribution is -0.137. The van der Waals surface area contributed by atoms with Crippen molar-refractivity contribution in [2.45, 2.75) is 31.9 Å². The third kappa shape index (κ3) is 4.72. The Morgan fingerprint density at radius 1 is 1.03 bits per heavy atom. The average molecular weight is 464 g/mol. The van der Waals surface area contributed by atoms with Gasteiger partial charge in [0.25, 0.3) is 0 Å². The summed E-state index contributed by atoms with van der Waals surface area (Å²) < 4.78 is 40.2. The molecule has 1 aromatic carbocycles. The van der Waals surface area contributed by atoms with Gasteiger partial charge in [-0.1, -0.05) is 0 Å². The Balaban J connectivity index is 1.46.